The highest BCUT2D eigenvalue weighted by Crippen LogP contribution is 2.40. The summed E-state index contributed by atoms with van der Waals surface area (Å²) in [6.07, 6.45) is 1.92. The molecule has 0 amide bonds. The van der Waals surface area contributed by atoms with Gasteiger partial charge in [0.2, 0.25) is 5.43 Å². The van der Waals surface area contributed by atoms with Gasteiger partial charge in [-0.2, -0.15) is 9.78 Å². The first-order valence-corrected chi connectivity index (χ1v) is 11.6. The van der Waals surface area contributed by atoms with E-state index in [1.807, 2.05) is 6.92 Å². The number of benzene rings is 2. The van der Waals surface area contributed by atoms with Crippen molar-refractivity contribution >= 4 is 22.5 Å². The van der Waals surface area contributed by atoms with Crippen molar-refractivity contribution in [2.45, 2.75) is 45.9 Å². The number of nitrogens with zero attached hydrogens (tertiary/aromatic N) is 5. The molecule has 2 aromatic heterocycles. The van der Waals surface area contributed by atoms with Gasteiger partial charge in [0.15, 0.2) is 5.82 Å². The lowest BCUT2D eigenvalue weighted by molar-refractivity contribution is 0.264. The van der Waals surface area contributed by atoms with Crippen LogP contribution in [0.1, 0.15) is 38.6 Å². The predicted octanol–water partition coefficient (Wildman–Crippen LogP) is 3.83. The lowest BCUT2D eigenvalue weighted by atomic mass is 10.1. The van der Waals surface area contributed by atoms with Crippen LogP contribution in [0.15, 0.2) is 39.9 Å². The van der Waals surface area contributed by atoms with Crippen molar-refractivity contribution in [2.24, 2.45) is 5.92 Å². The number of hydrogen-bond acceptors (Lipinski definition) is 5. The van der Waals surface area contributed by atoms with Crippen LogP contribution in [0.25, 0.3) is 27.8 Å². The van der Waals surface area contributed by atoms with Gasteiger partial charge in [-0.05, 0) is 56.9 Å². The van der Waals surface area contributed by atoms with E-state index in [2.05, 4.69) is 10.2 Å². The van der Waals surface area contributed by atoms with Crippen LogP contribution in [-0.2, 0) is 13.2 Å². The molecular weight excluding hydrogens is 480 g/mol. The Hall–Kier alpha value is -3.37. The number of aromatic nitrogens is 5. The van der Waals surface area contributed by atoms with E-state index in [9.17, 15) is 19.1 Å². The molecule has 1 N–H and O–H groups in total. The first-order chi connectivity index (χ1) is 16.8. The third kappa shape index (κ3) is 3.77. The minimum atomic E-state index is -0.871. The molecule has 0 spiro atoms. The van der Waals surface area contributed by atoms with Crippen LogP contribution in [0.5, 0.6) is 0 Å². The summed E-state index contributed by atoms with van der Waals surface area (Å²) in [5.41, 5.74) is -1.56. The summed E-state index contributed by atoms with van der Waals surface area (Å²) in [6.45, 7) is 3.37. The summed E-state index contributed by atoms with van der Waals surface area (Å²) in [5.74, 6) is -1.21. The number of aliphatic hydroxyl groups is 1. The van der Waals surface area contributed by atoms with Gasteiger partial charge in [0, 0.05) is 6.54 Å². The maximum absolute atomic E-state index is 15.4. The molecule has 1 aliphatic rings. The van der Waals surface area contributed by atoms with Crippen molar-refractivity contribution in [1.29, 1.82) is 0 Å². The SMILES string of the molecule is CCn1c(CO)nn(-c2cc3c(cc2F)c(=O)c(-c2c(F)cccc2Cl)nn3C(C)C2CC2)c1=O. The minimum Gasteiger partial charge on any atom is -0.388 e. The quantitative estimate of drug-likeness (QED) is 0.433. The Morgan fingerprint density at radius 1 is 1.17 bits per heavy atom. The predicted molar refractivity (Wildman–Crippen MR) is 127 cm³/mol. The fourth-order valence-corrected chi connectivity index (χ4v) is 4.68. The van der Waals surface area contributed by atoms with Gasteiger partial charge in [0.1, 0.15) is 29.6 Å². The molecule has 0 aliphatic heterocycles. The molecule has 11 heteroatoms. The van der Waals surface area contributed by atoms with E-state index in [4.69, 9.17) is 11.6 Å². The van der Waals surface area contributed by atoms with Gasteiger partial charge in [-0.1, -0.05) is 17.7 Å². The Balaban J connectivity index is 1.83. The Morgan fingerprint density at radius 3 is 2.51 bits per heavy atom. The molecule has 182 valence electrons. The maximum atomic E-state index is 15.4. The highest BCUT2D eigenvalue weighted by Gasteiger charge is 2.32. The van der Waals surface area contributed by atoms with Crippen LogP contribution in [0, 0.1) is 17.6 Å². The molecule has 1 aliphatic carbocycles. The van der Waals surface area contributed by atoms with Crippen molar-refractivity contribution < 1.29 is 13.9 Å². The smallest absolute Gasteiger partial charge is 0.350 e. The molecule has 2 aromatic carbocycles. The molecular formula is C24H22ClF2N5O3. The van der Waals surface area contributed by atoms with Crippen LogP contribution < -0.4 is 11.1 Å². The largest absolute Gasteiger partial charge is 0.388 e. The van der Waals surface area contributed by atoms with E-state index in [0.29, 0.717) is 0 Å². The number of hydrogen-bond donors (Lipinski definition) is 1. The average molecular weight is 502 g/mol. The topological polar surface area (TPSA) is 94.9 Å². The van der Waals surface area contributed by atoms with Gasteiger partial charge in [0.05, 0.1) is 27.5 Å². The lowest BCUT2D eigenvalue weighted by Crippen LogP contribution is -2.25. The Morgan fingerprint density at radius 2 is 1.91 bits per heavy atom. The van der Waals surface area contributed by atoms with Crippen molar-refractivity contribution in [3.05, 3.63) is 73.5 Å². The van der Waals surface area contributed by atoms with E-state index in [1.54, 1.807) is 11.6 Å². The zero-order valence-electron chi connectivity index (χ0n) is 19.0. The number of halogens is 3. The van der Waals surface area contributed by atoms with Gasteiger partial charge >= 0.3 is 5.69 Å². The standard InChI is InChI=1S/C24H22ClF2N5O3/c1-3-30-20(11-33)28-32(24(30)35)19-10-18-14(9-17(19)27)23(34)22(21-15(25)5-4-6-16(21)26)29-31(18)12(2)13-7-8-13/h4-6,9-10,12-13,33H,3,7-8,11H2,1-2H3. The fraction of sp³-hybridized carbons (Fsp3) is 0.333. The van der Waals surface area contributed by atoms with Crippen LogP contribution in [0.2, 0.25) is 5.02 Å². The second kappa shape index (κ2) is 8.69. The molecule has 4 aromatic rings. The van der Waals surface area contributed by atoms with Gasteiger partial charge in [0.25, 0.3) is 0 Å². The van der Waals surface area contributed by atoms with Gasteiger partial charge < -0.3 is 5.11 Å². The molecule has 5 rings (SSSR count). The van der Waals surface area contributed by atoms with Gasteiger partial charge in [-0.3, -0.25) is 14.0 Å². The molecule has 8 nitrogen and oxygen atoms in total. The Bertz CT molecular complexity index is 1570. The Kier molecular flexibility index (Phi) is 5.80. The molecule has 0 radical (unpaired) electrons. The summed E-state index contributed by atoms with van der Waals surface area (Å²) in [4.78, 5) is 26.3. The van der Waals surface area contributed by atoms with Crippen molar-refractivity contribution in [3.63, 3.8) is 0 Å². The van der Waals surface area contributed by atoms with E-state index in [0.717, 1.165) is 23.6 Å². The van der Waals surface area contributed by atoms with Crippen LogP contribution >= 0.6 is 11.6 Å². The number of aliphatic hydroxyl groups excluding tert-OH is 1. The molecule has 0 saturated heterocycles. The zero-order chi connectivity index (χ0) is 25.0. The molecule has 35 heavy (non-hydrogen) atoms. The number of rotatable bonds is 6. The van der Waals surface area contributed by atoms with Crippen molar-refractivity contribution in [3.8, 4) is 16.9 Å². The third-order valence-electron chi connectivity index (χ3n) is 6.49. The van der Waals surface area contributed by atoms with E-state index >= 15 is 4.39 Å². The first kappa shape index (κ1) is 23.4. The summed E-state index contributed by atoms with van der Waals surface area (Å²) >= 11 is 6.22. The third-order valence-corrected chi connectivity index (χ3v) is 6.81. The Labute approximate surface area is 203 Å². The lowest BCUT2D eigenvalue weighted by Gasteiger charge is -2.19. The fourth-order valence-electron chi connectivity index (χ4n) is 4.42. The molecule has 1 fully saturated rings. The number of fused-ring (bicyclic) bond motifs is 1. The molecule has 1 saturated carbocycles. The zero-order valence-corrected chi connectivity index (χ0v) is 19.8. The molecule has 2 heterocycles. The van der Waals surface area contributed by atoms with Gasteiger partial charge in [-0.15, -0.1) is 5.10 Å². The summed E-state index contributed by atoms with van der Waals surface area (Å²) in [7, 11) is 0. The average Bonchev–Trinajstić information content (AvgIpc) is 3.63. The second-order valence-electron chi connectivity index (χ2n) is 8.63. The van der Waals surface area contributed by atoms with E-state index in [-0.39, 0.29) is 57.2 Å². The maximum Gasteiger partial charge on any atom is 0.350 e. The summed E-state index contributed by atoms with van der Waals surface area (Å²) in [5, 5.41) is 18.1. The van der Waals surface area contributed by atoms with Crippen molar-refractivity contribution in [1.82, 2.24) is 24.1 Å². The normalized spacial score (nSPS) is 14.6. The van der Waals surface area contributed by atoms with Crippen LogP contribution in [-0.4, -0.2) is 29.2 Å². The second-order valence-corrected chi connectivity index (χ2v) is 9.04. The molecule has 0 bridgehead atoms. The minimum absolute atomic E-state index is 0.0184. The van der Waals surface area contributed by atoms with Crippen LogP contribution in [0.3, 0.4) is 0 Å². The highest BCUT2D eigenvalue weighted by atomic mass is 35.5. The van der Waals surface area contributed by atoms with E-state index < -0.39 is 29.4 Å². The first-order valence-electron chi connectivity index (χ1n) is 11.3. The summed E-state index contributed by atoms with van der Waals surface area (Å²) in [6, 6.07) is 6.24. The molecule has 1 unspecified atom stereocenters. The van der Waals surface area contributed by atoms with Gasteiger partial charge in [-0.25, -0.2) is 13.6 Å². The molecule has 1 atom stereocenters. The van der Waals surface area contributed by atoms with Crippen molar-refractivity contribution in [2.75, 3.05) is 0 Å². The van der Waals surface area contributed by atoms with E-state index in [1.165, 1.54) is 28.8 Å². The monoisotopic (exact) mass is 501 g/mol. The summed E-state index contributed by atoms with van der Waals surface area (Å²) < 4.78 is 33.8. The van der Waals surface area contributed by atoms with Crippen LogP contribution in [0.4, 0.5) is 8.78 Å². The highest BCUT2D eigenvalue weighted by molar-refractivity contribution is 6.33.